The maximum Gasteiger partial charge on any atom is 0.302 e. The van der Waals surface area contributed by atoms with E-state index in [4.69, 9.17) is 9.94 Å². The van der Waals surface area contributed by atoms with Crippen molar-refractivity contribution < 1.29 is 19.5 Å². The molecule has 1 aliphatic carbocycles. The Morgan fingerprint density at radius 3 is 2.25 bits per heavy atom. The molecule has 0 bridgehead atoms. The molecule has 1 saturated carbocycles. The molecule has 0 saturated heterocycles. The quantitative estimate of drug-likeness (QED) is 0.348. The maximum atomic E-state index is 11.0. The van der Waals surface area contributed by atoms with Crippen LogP contribution >= 0.6 is 0 Å². The summed E-state index contributed by atoms with van der Waals surface area (Å²) in [5.74, 6) is 0.971. The highest BCUT2D eigenvalue weighted by Crippen LogP contribution is 2.28. The second kappa shape index (κ2) is 15.8. The summed E-state index contributed by atoms with van der Waals surface area (Å²) < 4.78 is 4.73. The van der Waals surface area contributed by atoms with Crippen molar-refractivity contribution in [3.8, 4) is 0 Å². The third-order valence-electron chi connectivity index (χ3n) is 3.62. The Bertz CT molecular complexity index is 548. The first kappa shape index (κ1) is 25.8. The Balaban J connectivity index is 0.000000547. The van der Waals surface area contributed by atoms with Gasteiger partial charge in [-0.15, -0.1) is 0 Å². The van der Waals surface area contributed by atoms with Gasteiger partial charge < -0.3 is 10.1 Å². The summed E-state index contributed by atoms with van der Waals surface area (Å²) in [6.07, 6.45) is 8.77. The van der Waals surface area contributed by atoms with Gasteiger partial charge in [-0.25, -0.2) is 15.4 Å². The fourth-order valence-electron chi connectivity index (χ4n) is 1.98. The number of anilines is 1. The zero-order valence-electron chi connectivity index (χ0n) is 17.8. The summed E-state index contributed by atoms with van der Waals surface area (Å²) in [6.45, 7) is 11.5. The molecule has 0 unspecified atom stereocenters. The molecule has 0 spiro atoms. The molecule has 1 aromatic heterocycles. The molecule has 0 aromatic carbocycles. The Kier molecular flexibility index (Phi) is 14.5. The summed E-state index contributed by atoms with van der Waals surface area (Å²) >= 11 is 0. The Hall–Kier alpha value is -2.22. The Labute approximate surface area is 168 Å². The van der Waals surface area contributed by atoms with E-state index in [2.05, 4.69) is 43.0 Å². The van der Waals surface area contributed by atoms with Crippen LogP contribution < -0.4 is 10.8 Å². The average Bonchev–Trinajstić information content (AvgIpc) is 3.50. The minimum Gasteiger partial charge on any atom is -0.466 e. The largest absolute Gasteiger partial charge is 0.466 e. The van der Waals surface area contributed by atoms with Gasteiger partial charge in [-0.2, -0.15) is 0 Å². The van der Waals surface area contributed by atoms with Crippen LogP contribution in [0.2, 0.25) is 0 Å². The first-order valence-electron chi connectivity index (χ1n) is 10.0. The third kappa shape index (κ3) is 13.9. The van der Waals surface area contributed by atoms with Gasteiger partial charge in [0.1, 0.15) is 0 Å². The van der Waals surface area contributed by atoms with Crippen LogP contribution in [0.1, 0.15) is 77.1 Å². The number of esters is 1. The van der Waals surface area contributed by atoms with Crippen molar-refractivity contribution in [2.75, 3.05) is 18.5 Å². The van der Waals surface area contributed by atoms with Crippen LogP contribution in [0.3, 0.4) is 0 Å². The third-order valence-corrected chi connectivity index (χ3v) is 3.62. The van der Waals surface area contributed by atoms with Gasteiger partial charge in [0.2, 0.25) is 5.95 Å². The van der Waals surface area contributed by atoms with Crippen LogP contribution in [0.15, 0.2) is 12.4 Å². The highest BCUT2D eigenvalue weighted by atomic mass is 16.5. The highest BCUT2D eigenvalue weighted by molar-refractivity contribution is 5.92. The van der Waals surface area contributed by atoms with Crippen molar-refractivity contribution in [1.29, 1.82) is 0 Å². The van der Waals surface area contributed by atoms with Gasteiger partial charge in [-0.1, -0.05) is 40.5 Å². The molecule has 1 heterocycles. The van der Waals surface area contributed by atoms with Crippen molar-refractivity contribution in [2.24, 2.45) is 11.8 Å². The molecule has 1 fully saturated rings. The van der Waals surface area contributed by atoms with Crippen LogP contribution in [0.4, 0.5) is 5.95 Å². The normalized spacial score (nSPS) is 13.1. The molecule has 1 aromatic rings. The maximum absolute atomic E-state index is 11.0. The molecular formula is C20H36N4O4. The number of carbonyl (C=O) groups excluding carboxylic acids is 2. The second-order valence-corrected chi connectivity index (χ2v) is 6.96. The molecule has 160 valence electrons. The van der Waals surface area contributed by atoms with E-state index < -0.39 is 5.91 Å². The number of hydrogen-bond acceptors (Lipinski definition) is 7. The number of rotatable bonds is 8. The number of nitrogens with one attached hydrogen (secondary N) is 2. The summed E-state index contributed by atoms with van der Waals surface area (Å²) in [6, 6.07) is 0. The average molecular weight is 397 g/mol. The molecule has 1 atom stereocenters. The van der Waals surface area contributed by atoms with Gasteiger partial charge >= 0.3 is 5.97 Å². The number of nitrogens with zero attached hydrogens (tertiary/aromatic N) is 2. The molecule has 1 aliphatic rings. The Morgan fingerprint density at radius 1 is 1.25 bits per heavy atom. The van der Waals surface area contributed by atoms with Crippen molar-refractivity contribution in [2.45, 2.75) is 66.7 Å². The molecule has 1 amide bonds. The monoisotopic (exact) mass is 396 g/mol. The van der Waals surface area contributed by atoms with Crippen LogP contribution in [0.25, 0.3) is 0 Å². The number of hydrogen-bond donors (Lipinski definition) is 3. The van der Waals surface area contributed by atoms with E-state index in [0.717, 1.165) is 19.4 Å². The molecule has 0 aliphatic heterocycles. The van der Waals surface area contributed by atoms with E-state index in [0.29, 0.717) is 24.4 Å². The summed E-state index contributed by atoms with van der Waals surface area (Å²) in [5.41, 5.74) is 1.75. The van der Waals surface area contributed by atoms with Gasteiger partial charge in [0, 0.05) is 25.9 Å². The van der Waals surface area contributed by atoms with Crippen molar-refractivity contribution >= 4 is 17.8 Å². The lowest BCUT2D eigenvalue weighted by Gasteiger charge is -2.11. The van der Waals surface area contributed by atoms with Crippen LogP contribution in [0, 0.1) is 11.8 Å². The van der Waals surface area contributed by atoms with Gasteiger partial charge in [0.25, 0.3) is 5.91 Å². The number of ether oxygens (including phenoxy) is 1. The molecule has 8 heteroatoms. The Morgan fingerprint density at radius 2 is 1.82 bits per heavy atom. The molecule has 0 radical (unpaired) electrons. The van der Waals surface area contributed by atoms with Crippen molar-refractivity contribution in [1.82, 2.24) is 15.4 Å². The van der Waals surface area contributed by atoms with Crippen molar-refractivity contribution in [3.05, 3.63) is 18.0 Å². The zero-order valence-corrected chi connectivity index (χ0v) is 17.8. The topological polar surface area (TPSA) is 113 Å². The molecule has 2 rings (SSSR count). The predicted molar refractivity (Wildman–Crippen MR) is 109 cm³/mol. The molecular weight excluding hydrogens is 360 g/mol. The highest BCUT2D eigenvalue weighted by Gasteiger charge is 2.22. The number of hydroxylamine groups is 1. The van der Waals surface area contributed by atoms with Crippen LogP contribution in [-0.4, -0.2) is 40.2 Å². The lowest BCUT2D eigenvalue weighted by atomic mass is 10.1. The van der Waals surface area contributed by atoms with Crippen molar-refractivity contribution in [3.63, 3.8) is 0 Å². The van der Waals surface area contributed by atoms with E-state index in [9.17, 15) is 9.59 Å². The molecule has 8 nitrogen and oxygen atoms in total. The van der Waals surface area contributed by atoms with Gasteiger partial charge in [-0.05, 0) is 31.1 Å². The summed E-state index contributed by atoms with van der Waals surface area (Å²) in [5, 5.41) is 11.5. The standard InChI is InChI=1S/C11H18N4O2.C6H10O2.C3H8/c1-3-4-8(2)5-12-11-13-6-9(7-14-11)10(16)15-17;1-5(7)8-4-6-2-3-6;1-3-2/h6-8,17H,3-5H2,1-2H3,(H,15,16)(H,12,13,14);6H,2-4H2,1H3;3H2,1-2H3/t8-;;/m0../s1. The number of aromatic nitrogens is 2. The SMILES string of the molecule is CC(=O)OCC1CC1.CCC.CCC[C@H](C)CNc1ncc(C(=O)NO)cn1. The lowest BCUT2D eigenvalue weighted by Crippen LogP contribution is -2.19. The second-order valence-electron chi connectivity index (χ2n) is 6.96. The fraction of sp³-hybridized carbons (Fsp3) is 0.700. The fourth-order valence-corrected chi connectivity index (χ4v) is 1.98. The van der Waals surface area contributed by atoms with E-state index in [1.807, 2.05) is 0 Å². The summed E-state index contributed by atoms with van der Waals surface area (Å²) in [7, 11) is 0. The van der Waals surface area contributed by atoms with Crippen LogP contribution in [0.5, 0.6) is 0 Å². The minimum absolute atomic E-state index is 0.156. The zero-order chi connectivity index (χ0) is 21.4. The predicted octanol–water partition coefficient (Wildman–Crippen LogP) is 3.82. The lowest BCUT2D eigenvalue weighted by molar-refractivity contribution is -0.141. The molecule has 3 N–H and O–H groups in total. The minimum atomic E-state index is -0.615. The van der Waals surface area contributed by atoms with E-state index in [1.54, 1.807) is 0 Å². The smallest absolute Gasteiger partial charge is 0.302 e. The van der Waals surface area contributed by atoms with Gasteiger partial charge in [0.15, 0.2) is 0 Å². The van der Waals surface area contributed by atoms with E-state index >= 15 is 0 Å². The van der Waals surface area contributed by atoms with Crippen LogP contribution in [-0.2, 0) is 9.53 Å². The summed E-state index contributed by atoms with van der Waals surface area (Å²) in [4.78, 5) is 29.1. The first-order valence-corrected chi connectivity index (χ1v) is 10.0. The molecule has 28 heavy (non-hydrogen) atoms. The van der Waals surface area contributed by atoms with Gasteiger partial charge in [0.05, 0.1) is 12.2 Å². The first-order chi connectivity index (χ1) is 13.4. The number of amides is 1. The van der Waals surface area contributed by atoms with E-state index in [-0.39, 0.29) is 11.5 Å². The van der Waals surface area contributed by atoms with E-state index in [1.165, 1.54) is 44.1 Å². The number of carbonyl (C=O) groups is 2. The van der Waals surface area contributed by atoms with Gasteiger partial charge in [-0.3, -0.25) is 14.8 Å².